The van der Waals surface area contributed by atoms with Gasteiger partial charge in [0.05, 0.1) is 0 Å². The highest BCUT2D eigenvalue weighted by Gasteiger charge is 2.23. The number of benzene rings is 7. The molecule has 7 aromatic carbocycles. The first kappa shape index (κ1) is 29.8. The van der Waals surface area contributed by atoms with Crippen LogP contribution in [-0.2, 0) is 0 Å². The van der Waals surface area contributed by atoms with Gasteiger partial charge in [-0.15, -0.1) is 0 Å². The maximum absolute atomic E-state index is 5.27. The molecule has 1 heterocycles. The third-order valence-electron chi connectivity index (χ3n) is 9.83. The van der Waals surface area contributed by atoms with Gasteiger partial charge in [0.2, 0.25) is 0 Å². The molecule has 0 spiro atoms. The molecule has 1 N–H and O–H groups in total. The summed E-state index contributed by atoms with van der Waals surface area (Å²) in [6.07, 6.45) is 6.15. The van der Waals surface area contributed by atoms with Gasteiger partial charge in [-0.1, -0.05) is 152 Å². The molecule has 0 amide bonds. The predicted octanol–water partition coefficient (Wildman–Crippen LogP) is 11.4. The third kappa shape index (κ3) is 5.73. The van der Waals surface area contributed by atoms with Crippen molar-refractivity contribution < 1.29 is 0 Å². The quantitative estimate of drug-likeness (QED) is 0.180. The molecule has 0 unspecified atom stereocenters. The van der Waals surface area contributed by atoms with Crippen molar-refractivity contribution in [3.63, 3.8) is 0 Å². The second kappa shape index (κ2) is 12.9. The predicted molar refractivity (Wildman–Crippen MR) is 210 cm³/mol. The molecule has 0 saturated heterocycles. The van der Waals surface area contributed by atoms with Crippen LogP contribution in [0.4, 0.5) is 0 Å². The fraction of sp³-hybridized carbons (Fsp3) is 0.0638. The van der Waals surface area contributed by atoms with Gasteiger partial charge in [0.15, 0.2) is 6.17 Å². The summed E-state index contributed by atoms with van der Waals surface area (Å²) in [6, 6.07) is 58.2. The Morgan fingerprint density at radius 3 is 1.54 bits per heavy atom. The smallest absolute Gasteiger partial charge is 0.169 e. The van der Waals surface area contributed by atoms with Crippen LogP contribution in [0, 0.1) is 0 Å². The maximum Gasteiger partial charge on any atom is 0.169 e. The Kier molecular flexibility index (Phi) is 7.71. The first-order valence-corrected chi connectivity index (χ1v) is 17.3. The summed E-state index contributed by atoms with van der Waals surface area (Å²) >= 11 is 0. The van der Waals surface area contributed by atoms with Crippen molar-refractivity contribution in [3.8, 4) is 11.1 Å². The highest BCUT2D eigenvalue weighted by Crippen LogP contribution is 2.40. The molecule has 0 saturated carbocycles. The zero-order chi connectivity index (χ0) is 33.3. The van der Waals surface area contributed by atoms with Gasteiger partial charge in [-0.25, -0.2) is 9.98 Å². The van der Waals surface area contributed by atoms with Gasteiger partial charge >= 0.3 is 0 Å². The monoisotopic (exact) mass is 641 g/mol. The van der Waals surface area contributed by atoms with E-state index in [2.05, 4.69) is 169 Å². The van der Waals surface area contributed by atoms with Crippen molar-refractivity contribution in [2.75, 3.05) is 0 Å². The number of hydrogen-bond acceptors (Lipinski definition) is 3. The van der Waals surface area contributed by atoms with Gasteiger partial charge < -0.3 is 5.32 Å². The molecular weight excluding hydrogens is 607 g/mol. The number of aliphatic imine (C=N–C) groups is 2. The number of nitrogens with zero attached hydrogens (tertiary/aromatic N) is 2. The zero-order valence-corrected chi connectivity index (χ0v) is 27.6. The highest BCUT2D eigenvalue weighted by molar-refractivity contribution is 6.16. The lowest BCUT2D eigenvalue weighted by molar-refractivity contribution is 0.755. The Balaban J connectivity index is 1.25. The van der Waals surface area contributed by atoms with E-state index in [-0.39, 0.29) is 0 Å². The minimum absolute atomic E-state index is 0.424. The van der Waals surface area contributed by atoms with Crippen molar-refractivity contribution in [1.29, 1.82) is 0 Å². The number of hydrogen-bond donors (Lipinski definition) is 1. The lowest BCUT2D eigenvalue weighted by Gasteiger charge is -2.24. The minimum Gasteiger partial charge on any atom is -0.324 e. The van der Waals surface area contributed by atoms with Gasteiger partial charge in [0.25, 0.3) is 0 Å². The summed E-state index contributed by atoms with van der Waals surface area (Å²) < 4.78 is 0. The van der Waals surface area contributed by atoms with Crippen LogP contribution in [-0.4, -0.2) is 11.7 Å². The first-order valence-electron chi connectivity index (χ1n) is 17.3. The van der Waals surface area contributed by atoms with Crippen molar-refractivity contribution in [1.82, 2.24) is 5.32 Å². The third-order valence-corrected chi connectivity index (χ3v) is 9.83. The molecule has 3 nitrogen and oxygen atoms in total. The van der Waals surface area contributed by atoms with E-state index in [1.165, 1.54) is 54.9 Å². The molecule has 2 aliphatic rings. The lowest BCUT2D eigenvalue weighted by atomic mass is 9.86. The molecule has 0 bridgehead atoms. The Bertz CT molecular complexity index is 2430. The average molecular weight is 642 g/mol. The van der Waals surface area contributed by atoms with Crippen LogP contribution in [0.5, 0.6) is 0 Å². The van der Waals surface area contributed by atoms with Crippen LogP contribution in [0.25, 0.3) is 43.8 Å². The van der Waals surface area contributed by atoms with Crippen LogP contribution >= 0.6 is 0 Å². The summed E-state index contributed by atoms with van der Waals surface area (Å²) in [5, 5.41) is 8.56. The fourth-order valence-electron chi connectivity index (χ4n) is 7.29. The van der Waals surface area contributed by atoms with Crippen LogP contribution in [0.3, 0.4) is 0 Å². The summed E-state index contributed by atoms with van der Waals surface area (Å²) in [4.78, 5) is 10.5. The standard InChI is InChI=1S/C47H35N3/c1-4-14-32(15-5-1)33-24-26-34(27-25-33)38-28-39(44-31-37-20-10-11-21-41(37)42-22-12-13-23-43(42)44)30-40(29-38)47-49-45(35-16-6-2-7-17-35)48-46(50-47)36-18-8-3-9-19-36/h1-24,26,28-31,47H,25,27H2,(H,48,49,50). The normalized spacial score (nSPS) is 14.8. The van der Waals surface area contributed by atoms with Gasteiger partial charge in [0.1, 0.15) is 11.7 Å². The molecule has 3 heteroatoms. The Morgan fingerprint density at radius 2 is 0.920 bits per heavy atom. The number of fused-ring (bicyclic) bond motifs is 3. The second-order valence-electron chi connectivity index (χ2n) is 13.0. The molecule has 9 rings (SSSR count). The zero-order valence-electron chi connectivity index (χ0n) is 27.6. The summed E-state index contributed by atoms with van der Waals surface area (Å²) in [6.45, 7) is 0. The number of nitrogens with one attached hydrogen (secondary N) is 1. The number of allylic oxidation sites excluding steroid dienone is 4. The minimum atomic E-state index is -0.424. The Labute approximate surface area is 292 Å². The van der Waals surface area contributed by atoms with E-state index in [4.69, 9.17) is 9.98 Å². The van der Waals surface area contributed by atoms with Crippen LogP contribution in [0.15, 0.2) is 186 Å². The van der Waals surface area contributed by atoms with E-state index in [9.17, 15) is 0 Å². The van der Waals surface area contributed by atoms with Crippen LogP contribution in [0.2, 0.25) is 0 Å². The summed E-state index contributed by atoms with van der Waals surface area (Å²) in [7, 11) is 0. The molecule has 0 fully saturated rings. The van der Waals surface area contributed by atoms with Crippen LogP contribution < -0.4 is 5.32 Å². The SMILES string of the molecule is C1=C(c2ccccc2)CCC(c2cc(-c3cc4ccccc4c4ccccc34)cc(C3N=C(c4ccccc4)NC(c4ccccc4)=N3)c2)=C1. The van der Waals surface area contributed by atoms with Crippen molar-refractivity contribution in [2.24, 2.45) is 9.98 Å². The van der Waals surface area contributed by atoms with Crippen LogP contribution in [0.1, 0.15) is 46.8 Å². The number of rotatable bonds is 6. The van der Waals surface area contributed by atoms with Crippen molar-refractivity contribution >= 4 is 44.4 Å². The summed E-state index contributed by atoms with van der Waals surface area (Å²) in [5.41, 5.74) is 10.7. The Hall–Kier alpha value is -6.32. The average Bonchev–Trinajstić information content (AvgIpc) is 3.21. The van der Waals surface area contributed by atoms with E-state index >= 15 is 0 Å². The number of amidine groups is 2. The molecule has 50 heavy (non-hydrogen) atoms. The highest BCUT2D eigenvalue weighted by atomic mass is 15.2. The van der Waals surface area contributed by atoms with Gasteiger partial charge in [0, 0.05) is 11.1 Å². The lowest BCUT2D eigenvalue weighted by Crippen LogP contribution is -2.36. The maximum atomic E-state index is 5.27. The molecule has 0 atom stereocenters. The fourth-order valence-corrected chi connectivity index (χ4v) is 7.29. The largest absolute Gasteiger partial charge is 0.324 e. The van der Waals surface area contributed by atoms with E-state index in [0.717, 1.165) is 41.2 Å². The molecule has 238 valence electrons. The second-order valence-corrected chi connectivity index (χ2v) is 13.0. The van der Waals surface area contributed by atoms with Crippen molar-refractivity contribution in [3.05, 3.63) is 204 Å². The molecule has 0 radical (unpaired) electrons. The van der Waals surface area contributed by atoms with Crippen molar-refractivity contribution in [2.45, 2.75) is 19.0 Å². The van der Waals surface area contributed by atoms with E-state index in [0.29, 0.717) is 0 Å². The molecule has 7 aromatic rings. The van der Waals surface area contributed by atoms with Gasteiger partial charge in [-0.2, -0.15) is 0 Å². The van der Waals surface area contributed by atoms with E-state index < -0.39 is 6.17 Å². The molecule has 0 aromatic heterocycles. The topological polar surface area (TPSA) is 36.8 Å². The molecule has 1 aliphatic carbocycles. The molecular formula is C47H35N3. The van der Waals surface area contributed by atoms with Gasteiger partial charge in [-0.3, -0.25) is 0 Å². The van der Waals surface area contributed by atoms with E-state index in [1.54, 1.807) is 0 Å². The Morgan fingerprint density at radius 1 is 0.420 bits per heavy atom. The first-order chi connectivity index (χ1) is 24.8. The summed E-state index contributed by atoms with van der Waals surface area (Å²) in [5.74, 6) is 1.64. The molecule has 1 aliphatic heterocycles. The van der Waals surface area contributed by atoms with E-state index in [1.807, 2.05) is 12.1 Å². The van der Waals surface area contributed by atoms with Gasteiger partial charge in [-0.05, 0) is 97.6 Å².